The molecule has 0 saturated carbocycles. The van der Waals surface area contributed by atoms with Crippen LogP contribution < -0.4 is 4.74 Å². The fourth-order valence-corrected chi connectivity index (χ4v) is 1.25. The van der Waals surface area contributed by atoms with Crippen LogP contribution in [0.25, 0.3) is 0 Å². The maximum absolute atomic E-state index is 5.15. The van der Waals surface area contributed by atoms with Crippen molar-refractivity contribution in [2.45, 2.75) is 6.92 Å². The highest BCUT2D eigenvalue weighted by Crippen LogP contribution is 2.18. The number of aromatic nitrogens is 1. The van der Waals surface area contributed by atoms with Crippen LogP contribution in [0, 0.1) is 6.92 Å². The number of hydrogen-bond acceptors (Lipinski definition) is 4. The summed E-state index contributed by atoms with van der Waals surface area (Å²) in [5.41, 5.74) is 0.939. The molecule has 0 unspecified atom stereocenters. The lowest BCUT2D eigenvalue weighted by atomic mass is 10.3. The predicted octanol–water partition coefficient (Wildman–Crippen LogP) is 2.07. The van der Waals surface area contributed by atoms with Gasteiger partial charge in [-0.25, -0.2) is 9.87 Å². The Morgan fingerprint density at radius 3 is 2.92 bits per heavy atom. The average Bonchev–Trinajstić information content (AvgIpc) is 2.09. The molecule has 0 amide bonds. The first-order valence-corrected chi connectivity index (χ1v) is 4.44. The predicted molar refractivity (Wildman–Crippen MR) is 50.3 cm³/mol. The number of halogens is 1. The third-order valence-corrected chi connectivity index (χ3v) is 1.79. The summed E-state index contributed by atoms with van der Waals surface area (Å²) in [7, 11) is 1.42. The van der Waals surface area contributed by atoms with E-state index < -0.39 is 0 Å². The van der Waals surface area contributed by atoms with Crippen LogP contribution in [0.4, 0.5) is 0 Å². The van der Waals surface area contributed by atoms with Crippen molar-refractivity contribution in [2.75, 3.05) is 13.9 Å². The van der Waals surface area contributed by atoms with E-state index in [0.29, 0.717) is 5.88 Å². The van der Waals surface area contributed by atoms with Crippen LogP contribution in [0.2, 0.25) is 0 Å². The molecule has 0 fully saturated rings. The summed E-state index contributed by atoms with van der Waals surface area (Å²) in [5, 5.41) is 0. The second-order valence-corrected chi connectivity index (χ2v) is 3.24. The zero-order chi connectivity index (χ0) is 9.68. The van der Waals surface area contributed by atoms with Crippen LogP contribution in [-0.4, -0.2) is 18.9 Å². The standard InChI is InChI=1S/C8H10BrNO3/c1-6-3-7(9)4-10-8(6)12-5-13-11-2/h3-4H,5H2,1-2H3. The van der Waals surface area contributed by atoms with Gasteiger partial charge >= 0.3 is 0 Å². The molecule has 0 saturated heterocycles. The minimum absolute atomic E-state index is 0.0337. The number of hydrogen-bond donors (Lipinski definition) is 0. The maximum atomic E-state index is 5.15. The monoisotopic (exact) mass is 247 g/mol. The highest BCUT2D eigenvalue weighted by atomic mass is 79.9. The van der Waals surface area contributed by atoms with Crippen molar-refractivity contribution in [3.8, 4) is 5.88 Å². The van der Waals surface area contributed by atoms with E-state index >= 15 is 0 Å². The van der Waals surface area contributed by atoms with E-state index in [-0.39, 0.29) is 6.79 Å². The fourth-order valence-electron chi connectivity index (χ4n) is 0.807. The Kier molecular flexibility index (Phi) is 4.14. The number of nitrogens with zero attached hydrogens (tertiary/aromatic N) is 1. The summed E-state index contributed by atoms with van der Waals surface area (Å²) in [6.45, 7) is 1.94. The van der Waals surface area contributed by atoms with E-state index in [1.807, 2.05) is 13.0 Å². The van der Waals surface area contributed by atoms with Crippen molar-refractivity contribution in [3.63, 3.8) is 0 Å². The van der Waals surface area contributed by atoms with Crippen molar-refractivity contribution in [1.82, 2.24) is 4.98 Å². The molecule has 1 rings (SSSR count). The van der Waals surface area contributed by atoms with Gasteiger partial charge < -0.3 is 4.74 Å². The zero-order valence-electron chi connectivity index (χ0n) is 7.41. The molecule has 0 atom stereocenters. The first-order valence-electron chi connectivity index (χ1n) is 3.64. The van der Waals surface area contributed by atoms with Gasteiger partial charge in [0.2, 0.25) is 12.7 Å². The SMILES string of the molecule is COOCOc1ncc(Br)cc1C. The van der Waals surface area contributed by atoms with Crippen LogP contribution in [0.5, 0.6) is 5.88 Å². The second kappa shape index (κ2) is 5.16. The Labute approximate surface area is 84.9 Å². The van der Waals surface area contributed by atoms with Gasteiger partial charge in [-0.05, 0) is 28.9 Å². The van der Waals surface area contributed by atoms with Crippen molar-refractivity contribution in [2.24, 2.45) is 0 Å². The summed E-state index contributed by atoms with van der Waals surface area (Å²) in [6, 6.07) is 1.91. The Bertz CT molecular complexity index is 280. The molecule has 0 spiro atoms. The second-order valence-electron chi connectivity index (χ2n) is 2.32. The zero-order valence-corrected chi connectivity index (χ0v) is 9.00. The first kappa shape index (κ1) is 10.4. The molecule has 0 aromatic carbocycles. The van der Waals surface area contributed by atoms with Crippen LogP contribution >= 0.6 is 15.9 Å². The van der Waals surface area contributed by atoms with E-state index in [4.69, 9.17) is 4.74 Å². The van der Waals surface area contributed by atoms with Crippen molar-refractivity contribution >= 4 is 15.9 Å². The van der Waals surface area contributed by atoms with Gasteiger partial charge in [-0.1, -0.05) is 0 Å². The van der Waals surface area contributed by atoms with Crippen LogP contribution in [-0.2, 0) is 9.78 Å². The Hall–Kier alpha value is -0.650. The minimum atomic E-state index is 0.0337. The summed E-state index contributed by atoms with van der Waals surface area (Å²) in [6.07, 6.45) is 1.66. The molecule has 0 aliphatic carbocycles. The van der Waals surface area contributed by atoms with Gasteiger partial charge in [0.25, 0.3) is 0 Å². The normalized spacial score (nSPS) is 10.1. The lowest BCUT2D eigenvalue weighted by Gasteiger charge is -2.06. The molecule has 0 bridgehead atoms. The molecule has 0 N–H and O–H groups in total. The number of ether oxygens (including phenoxy) is 1. The molecule has 72 valence electrons. The van der Waals surface area contributed by atoms with E-state index in [1.54, 1.807) is 6.20 Å². The Morgan fingerprint density at radius 1 is 1.54 bits per heavy atom. The molecule has 1 aromatic heterocycles. The lowest BCUT2D eigenvalue weighted by Crippen LogP contribution is -2.04. The molecule has 1 aromatic rings. The molecule has 1 heterocycles. The molecule has 13 heavy (non-hydrogen) atoms. The molecule has 0 aliphatic heterocycles. The van der Waals surface area contributed by atoms with Gasteiger partial charge in [0.05, 0.1) is 7.11 Å². The number of rotatable bonds is 4. The maximum Gasteiger partial charge on any atom is 0.222 e. The summed E-state index contributed by atoms with van der Waals surface area (Å²) < 4.78 is 6.07. The van der Waals surface area contributed by atoms with Crippen molar-refractivity contribution < 1.29 is 14.5 Å². The molecule has 5 heteroatoms. The van der Waals surface area contributed by atoms with Crippen molar-refractivity contribution in [3.05, 3.63) is 22.3 Å². The van der Waals surface area contributed by atoms with E-state index in [2.05, 4.69) is 30.7 Å². The highest BCUT2D eigenvalue weighted by molar-refractivity contribution is 9.10. The van der Waals surface area contributed by atoms with Gasteiger partial charge in [-0.15, -0.1) is 0 Å². The number of aryl methyl sites for hydroxylation is 1. The average molecular weight is 248 g/mol. The first-order chi connectivity index (χ1) is 6.24. The number of pyridine rings is 1. The van der Waals surface area contributed by atoms with Gasteiger partial charge in [-0.2, -0.15) is 4.89 Å². The molecule has 0 aliphatic rings. The third-order valence-electron chi connectivity index (χ3n) is 1.36. The highest BCUT2D eigenvalue weighted by Gasteiger charge is 2.01. The largest absolute Gasteiger partial charge is 0.447 e. The van der Waals surface area contributed by atoms with Crippen LogP contribution in [0.15, 0.2) is 16.7 Å². The quantitative estimate of drug-likeness (QED) is 0.354. The topological polar surface area (TPSA) is 40.6 Å². The van der Waals surface area contributed by atoms with Gasteiger partial charge in [0, 0.05) is 16.2 Å². The third kappa shape index (κ3) is 3.30. The summed E-state index contributed by atoms with van der Waals surface area (Å²) in [5.74, 6) is 0.542. The summed E-state index contributed by atoms with van der Waals surface area (Å²) >= 11 is 3.30. The van der Waals surface area contributed by atoms with Gasteiger partial charge in [-0.3, -0.25) is 0 Å². The van der Waals surface area contributed by atoms with E-state index in [9.17, 15) is 0 Å². The Balaban J connectivity index is 2.56. The lowest BCUT2D eigenvalue weighted by molar-refractivity contribution is -0.304. The minimum Gasteiger partial charge on any atom is -0.447 e. The van der Waals surface area contributed by atoms with Crippen LogP contribution in [0.1, 0.15) is 5.56 Å². The molecular formula is C8H10BrNO3. The molecule has 0 radical (unpaired) electrons. The van der Waals surface area contributed by atoms with Gasteiger partial charge in [0.15, 0.2) is 0 Å². The molecule has 4 nitrogen and oxygen atoms in total. The van der Waals surface area contributed by atoms with Crippen LogP contribution in [0.3, 0.4) is 0 Å². The van der Waals surface area contributed by atoms with E-state index in [0.717, 1.165) is 10.0 Å². The summed E-state index contributed by atoms with van der Waals surface area (Å²) in [4.78, 5) is 13.0. The fraction of sp³-hybridized carbons (Fsp3) is 0.375. The van der Waals surface area contributed by atoms with E-state index in [1.165, 1.54) is 7.11 Å². The van der Waals surface area contributed by atoms with Crippen molar-refractivity contribution in [1.29, 1.82) is 0 Å². The smallest absolute Gasteiger partial charge is 0.222 e. The Morgan fingerprint density at radius 2 is 2.31 bits per heavy atom. The molecular weight excluding hydrogens is 238 g/mol. The van der Waals surface area contributed by atoms with Gasteiger partial charge in [0.1, 0.15) is 0 Å².